The summed E-state index contributed by atoms with van der Waals surface area (Å²) < 4.78 is 3.81. The lowest BCUT2D eigenvalue weighted by Gasteiger charge is -2.27. The largest absolute Gasteiger partial charge is 0.328 e. The van der Waals surface area contributed by atoms with Gasteiger partial charge in [-0.15, -0.1) is 0 Å². The smallest absolute Gasteiger partial charge is 0.0220 e. The molecule has 3 N–H and O–H groups in total. The number of hydrogen-bond acceptors (Lipinski definition) is 3. The fourth-order valence-corrected chi connectivity index (χ4v) is 2.52. The molecular weight excluding hydrogens is 192 g/mol. The molecule has 0 amide bonds. The first kappa shape index (κ1) is 12.3. The molecule has 1 saturated carbocycles. The van der Waals surface area contributed by atoms with E-state index >= 15 is 0 Å². The van der Waals surface area contributed by atoms with Gasteiger partial charge in [0.2, 0.25) is 0 Å². The summed E-state index contributed by atoms with van der Waals surface area (Å²) in [6.45, 7) is 7.86. The molecule has 0 aromatic heterocycles. The number of nitrogens with two attached hydrogens (primary N) is 1. The van der Waals surface area contributed by atoms with E-state index in [4.69, 9.17) is 5.73 Å². The quantitative estimate of drug-likeness (QED) is 0.712. The summed E-state index contributed by atoms with van der Waals surface area (Å²) in [5.74, 6) is 0.852. The highest BCUT2D eigenvalue weighted by Crippen LogP contribution is 2.25. The predicted octanol–water partition coefficient (Wildman–Crippen LogP) is 2.54. The standard InChI is InChI=1S/C11H24N2S/c1-11(2,3)14-13-8-9-4-6-10(12)7-5-9/h9-10,13H,4-8,12H2,1-3H3. The molecule has 84 valence electrons. The molecule has 0 spiro atoms. The molecule has 0 aromatic carbocycles. The molecule has 0 aromatic rings. The van der Waals surface area contributed by atoms with E-state index in [2.05, 4.69) is 25.5 Å². The summed E-state index contributed by atoms with van der Waals surface area (Å²) in [6, 6.07) is 0.474. The molecule has 2 nitrogen and oxygen atoms in total. The average Bonchev–Trinajstić information content (AvgIpc) is 2.06. The molecule has 3 heteroatoms. The Morgan fingerprint density at radius 3 is 2.29 bits per heavy atom. The van der Waals surface area contributed by atoms with Crippen molar-refractivity contribution in [3.05, 3.63) is 0 Å². The van der Waals surface area contributed by atoms with Gasteiger partial charge in [-0.2, -0.15) is 0 Å². The van der Waals surface area contributed by atoms with Crippen LogP contribution in [0.4, 0.5) is 0 Å². The molecular formula is C11H24N2S. The van der Waals surface area contributed by atoms with Crippen LogP contribution in [0.25, 0.3) is 0 Å². The predicted molar refractivity (Wildman–Crippen MR) is 65.3 cm³/mol. The third kappa shape index (κ3) is 5.23. The van der Waals surface area contributed by atoms with Crippen molar-refractivity contribution in [3.8, 4) is 0 Å². The highest BCUT2D eigenvalue weighted by atomic mass is 32.2. The second-order valence-corrected chi connectivity index (χ2v) is 7.06. The maximum absolute atomic E-state index is 5.87. The van der Waals surface area contributed by atoms with Crippen molar-refractivity contribution in [2.24, 2.45) is 11.7 Å². The van der Waals surface area contributed by atoms with Crippen LogP contribution in [0.1, 0.15) is 46.5 Å². The Morgan fingerprint density at radius 1 is 1.21 bits per heavy atom. The van der Waals surface area contributed by atoms with Gasteiger partial charge in [0.05, 0.1) is 0 Å². The van der Waals surface area contributed by atoms with Crippen molar-refractivity contribution >= 4 is 11.9 Å². The molecule has 0 aliphatic heterocycles. The van der Waals surface area contributed by atoms with Crippen LogP contribution in [0, 0.1) is 5.92 Å². The van der Waals surface area contributed by atoms with E-state index in [1.807, 2.05) is 11.9 Å². The fourth-order valence-electron chi connectivity index (χ4n) is 1.77. The Labute approximate surface area is 92.5 Å². The topological polar surface area (TPSA) is 38.0 Å². The highest BCUT2D eigenvalue weighted by Gasteiger charge is 2.19. The van der Waals surface area contributed by atoms with Crippen LogP contribution in [-0.2, 0) is 0 Å². The molecule has 1 fully saturated rings. The molecule has 0 heterocycles. The zero-order valence-electron chi connectivity index (χ0n) is 9.68. The third-order valence-electron chi connectivity index (χ3n) is 2.64. The zero-order chi connectivity index (χ0) is 10.6. The van der Waals surface area contributed by atoms with Crippen molar-refractivity contribution in [1.29, 1.82) is 0 Å². The van der Waals surface area contributed by atoms with E-state index in [1.54, 1.807) is 0 Å². The van der Waals surface area contributed by atoms with Crippen molar-refractivity contribution in [3.63, 3.8) is 0 Å². The maximum Gasteiger partial charge on any atom is 0.0220 e. The normalized spacial score (nSPS) is 29.1. The molecule has 1 rings (SSSR count). The second-order valence-electron chi connectivity index (χ2n) is 5.34. The lowest BCUT2D eigenvalue weighted by molar-refractivity contribution is 0.328. The second kappa shape index (κ2) is 5.38. The van der Waals surface area contributed by atoms with Gasteiger partial charge in [0.1, 0.15) is 0 Å². The Kier molecular flexibility index (Phi) is 4.74. The van der Waals surface area contributed by atoms with E-state index < -0.39 is 0 Å². The van der Waals surface area contributed by atoms with Gasteiger partial charge in [-0.25, -0.2) is 0 Å². The van der Waals surface area contributed by atoms with Gasteiger partial charge >= 0.3 is 0 Å². The first-order valence-electron chi connectivity index (χ1n) is 5.64. The van der Waals surface area contributed by atoms with Gasteiger partial charge in [0.15, 0.2) is 0 Å². The Balaban J connectivity index is 2.08. The zero-order valence-corrected chi connectivity index (χ0v) is 10.5. The van der Waals surface area contributed by atoms with Gasteiger partial charge < -0.3 is 5.73 Å². The number of hydrogen-bond donors (Lipinski definition) is 2. The summed E-state index contributed by atoms with van der Waals surface area (Å²) in [6.07, 6.45) is 5.04. The maximum atomic E-state index is 5.87. The van der Waals surface area contributed by atoms with E-state index in [0.717, 1.165) is 12.5 Å². The first-order chi connectivity index (χ1) is 6.47. The van der Waals surface area contributed by atoms with Gasteiger partial charge in [-0.1, -0.05) is 11.9 Å². The van der Waals surface area contributed by atoms with Crippen LogP contribution in [-0.4, -0.2) is 17.3 Å². The minimum Gasteiger partial charge on any atom is -0.328 e. The van der Waals surface area contributed by atoms with Crippen molar-refractivity contribution < 1.29 is 0 Å². The van der Waals surface area contributed by atoms with Gasteiger partial charge in [0.25, 0.3) is 0 Å². The minimum atomic E-state index is 0.324. The van der Waals surface area contributed by atoms with Crippen LogP contribution in [0.2, 0.25) is 0 Å². The number of rotatable bonds is 3. The molecule has 14 heavy (non-hydrogen) atoms. The fraction of sp³-hybridized carbons (Fsp3) is 1.00. The average molecular weight is 216 g/mol. The highest BCUT2D eigenvalue weighted by molar-refractivity contribution is 7.98. The molecule has 0 atom stereocenters. The Bertz CT molecular complexity index is 157. The summed E-state index contributed by atoms with van der Waals surface area (Å²) in [4.78, 5) is 0. The molecule has 0 saturated heterocycles. The summed E-state index contributed by atoms with van der Waals surface area (Å²) >= 11 is 1.85. The van der Waals surface area contributed by atoms with Crippen LogP contribution >= 0.6 is 11.9 Å². The molecule has 1 aliphatic carbocycles. The van der Waals surface area contributed by atoms with Crippen LogP contribution < -0.4 is 10.5 Å². The van der Waals surface area contributed by atoms with E-state index in [-0.39, 0.29) is 0 Å². The van der Waals surface area contributed by atoms with E-state index in [0.29, 0.717) is 10.8 Å². The van der Waals surface area contributed by atoms with Crippen molar-refractivity contribution in [2.45, 2.75) is 57.2 Å². The van der Waals surface area contributed by atoms with E-state index in [1.165, 1.54) is 25.7 Å². The SMILES string of the molecule is CC(C)(C)SNCC1CCC(N)CC1. The molecule has 0 unspecified atom stereocenters. The molecule has 0 radical (unpaired) electrons. The van der Waals surface area contributed by atoms with Crippen LogP contribution in [0.3, 0.4) is 0 Å². The van der Waals surface area contributed by atoms with Gasteiger partial charge in [-0.3, -0.25) is 4.72 Å². The summed E-state index contributed by atoms with van der Waals surface area (Å²) in [7, 11) is 0. The lowest BCUT2D eigenvalue weighted by atomic mass is 9.87. The third-order valence-corrected chi connectivity index (χ3v) is 3.57. The van der Waals surface area contributed by atoms with Gasteiger partial charge in [0, 0.05) is 17.3 Å². The van der Waals surface area contributed by atoms with Crippen molar-refractivity contribution in [1.82, 2.24) is 4.72 Å². The Morgan fingerprint density at radius 2 is 1.79 bits per heavy atom. The van der Waals surface area contributed by atoms with E-state index in [9.17, 15) is 0 Å². The molecule has 1 aliphatic rings. The lowest BCUT2D eigenvalue weighted by Crippen LogP contribution is -2.31. The summed E-state index contributed by atoms with van der Waals surface area (Å²) in [5, 5.41) is 0. The Hall–Kier alpha value is 0.270. The monoisotopic (exact) mass is 216 g/mol. The first-order valence-corrected chi connectivity index (χ1v) is 6.45. The van der Waals surface area contributed by atoms with Crippen LogP contribution in [0.5, 0.6) is 0 Å². The van der Waals surface area contributed by atoms with Crippen LogP contribution in [0.15, 0.2) is 0 Å². The minimum absolute atomic E-state index is 0.324. The van der Waals surface area contributed by atoms with Gasteiger partial charge in [-0.05, 0) is 52.4 Å². The number of nitrogens with one attached hydrogen (secondary N) is 1. The van der Waals surface area contributed by atoms with Crippen molar-refractivity contribution in [2.75, 3.05) is 6.54 Å². The summed E-state index contributed by atoms with van der Waals surface area (Å²) in [5.41, 5.74) is 5.87. The molecule has 0 bridgehead atoms.